The number of hydrogen-bond acceptors (Lipinski definition) is 10. The molecule has 0 N–H and O–H groups in total. The Labute approximate surface area is 375 Å². The topological polar surface area (TPSA) is 177 Å². The molecule has 0 radical (unpaired) electrons. The van der Waals surface area contributed by atoms with E-state index in [4.69, 9.17) is 16.9 Å². The van der Waals surface area contributed by atoms with Gasteiger partial charge in [0.2, 0.25) is 0 Å². The molecule has 62 heavy (non-hydrogen) atoms. The summed E-state index contributed by atoms with van der Waals surface area (Å²) < 4.78 is 54.7. The van der Waals surface area contributed by atoms with Crippen molar-refractivity contribution in [2.45, 2.75) is 64.2 Å². The standard InChI is InChI=1S/C22H18N4O2S.C13H10ClN3O2S.C9H8BrN.C2H6/c1-3-16-6-7-17(12-18(16)13-23)21-20-10-11-26(22(20)25-14-24-21)29(27,28)19-8-4-15(2)5-9-19;1-9-2-4-10(5-3-9)20(18,19)17-7-6-11-12(14)15-8-16-13(11)17;1-2-7-3-4-9(10)5-8(7)6-11;1-2/h4-12,14H,3H2,1-2H3;2-8H,1H3;3-5H,2H2,1H3;1-2H3. The normalized spacial score (nSPS) is 10.9. The summed E-state index contributed by atoms with van der Waals surface area (Å²) >= 11 is 9.24. The van der Waals surface area contributed by atoms with Gasteiger partial charge in [0, 0.05) is 27.8 Å². The molecule has 0 bridgehead atoms. The molecule has 0 aliphatic heterocycles. The van der Waals surface area contributed by atoms with Crippen molar-refractivity contribution in [2.75, 3.05) is 0 Å². The van der Waals surface area contributed by atoms with Crippen LogP contribution in [0.25, 0.3) is 33.3 Å². The minimum absolute atomic E-state index is 0.194. The average molecular weight is 950 g/mol. The van der Waals surface area contributed by atoms with E-state index >= 15 is 0 Å². The summed E-state index contributed by atoms with van der Waals surface area (Å²) in [6.45, 7) is 11.8. The summed E-state index contributed by atoms with van der Waals surface area (Å²) in [7, 11) is -7.48. The van der Waals surface area contributed by atoms with Crippen LogP contribution in [0.15, 0.2) is 136 Å². The van der Waals surface area contributed by atoms with Gasteiger partial charge in [0.05, 0.1) is 44.1 Å². The van der Waals surface area contributed by atoms with Crippen LogP contribution in [0.3, 0.4) is 0 Å². The maximum absolute atomic E-state index is 13.1. The van der Waals surface area contributed by atoms with Gasteiger partial charge in [-0.2, -0.15) is 10.5 Å². The van der Waals surface area contributed by atoms with Crippen molar-refractivity contribution in [3.05, 3.63) is 165 Å². The Morgan fingerprint density at radius 3 is 1.56 bits per heavy atom. The summed E-state index contributed by atoms with van der Waals surface area (Å²) in [4.78, 5) is 16.8. The van der Waals surface area contributed by atoms with Gasteiger partial charge in [-0.05, 0) is 92.4 Å². The smallest absolute Gasteiger partial charge is 0.236 e. The van der Waals surface area contributed by atoms with E-state index in [1.807, 2.05) is 71.9 Å². The molecule has 12 nitrogen and oxygen atoms in total. The van der Waals surface area contributed by atoms with Gasteiger partial charge >= 0.3 is 0 Å². The van der Waals surface area contributed by atoms with Gasteiger partial charge in [-0.1, -0.05) is 109 Å². The lowest BCUT2D eigenvalue weighted by molar-refractivity contribution is 0.587. The third-order valence-corrected chi connectivity index (χ3v) is 13.6. The van der Waals surface area contributed by atoms with Crippen LogP contribution in [0.2, 0.25) is 5.15 Å². The van der Waals surface area contributed by atoms with Crippen LogP contribution in [0.5, 0.6) is 0 Å². The second-order valence-electron chi connectivity index (χ2n) is 13.3. The molecule has 0 atom stereocenters. The van der Waals surface area contributed by atoms with E-state index in [0.29, 0.717) is 27.7 Å². The summed E-state index contributed by atoms with van der Waals surface area (Å²) in [6, 6.07) is 32.3. The number of benzene rings is 4. The van der Waals surface area contributed by atoms with Crippen LogP contribution >= 0.6 is 27.5 Å². The van der Waals surface area contributed by atoms with Crippen LogP contribution in [0.4, 0.5) is 0 Å². The van der Waals surface area contributed by atoms with Gasteiger partial charge in [0.1, 0.15) is 17.8 Å². The van der Waals surface area contributed by atoms with Gasteiger partial charge in [-0.15, -0.1) is 0 Å². The van der Waals surface area contributed by atoms with Gasteiger partial charge in [-0.25, -0.2) is 44.7 Å². The SMILES string of the molecule is CC.CCc1ccc(-c2ncnc3c2ccn3S(=O)(=O)c2ccc(C)cc2)cc1C#N.CCc1ccc(Br)cc1C#N.Cc1ccc(S(=O)(=O)n2ccc3c(Cl)ncnc32)cc1. The van der Waals surface area contributed by atoms with Crippen molar-refractivity contribution in [1.29, 1.82) is 10.5 Å². The predicted octanol–water partition coefficient (Wildman–Crippen LogP) is 10.6. The molecule has 0 aliphatic carbocycles. The number of nitriles is 2. The quantitative estimate of drug-likeness (QED) is 0.140. The molecular formula is C46H42BrClN8O4S2. The Kier molecular flexibility index (Phi) is 15.5. The Bertz CT molecular complexity index is 3170. The molecule has 16 heteroatoms. The molecular weight excluding hydrogens is 908 g/mol. The Hall–Kier alpha value is -6.23. The van der Waals surface area contributed by atoms with E-state index in [9.17, 15) is 22.1 Å². The Morgan fingerprint density at radius 1 is 0.613 bits per heavy atom. The second-order valence-corrected chi connectivity index (χ2v) is 18.2. The second kappa shape index (κ2) is 20.6. The predicted molar refractivity (Wildman–Crippen MR) is 247 cm³/mol. The van der Waals surface area contributed by atoms with Crippen LogP contribution in [-0.2, 0) is 32.9 Å². The Morgan fingerprint density at radius 2 is 1.06 bits per heavy atom. The van der Waals surface area contributed by atoms with Crippen LogP contribution < -0.4 is 0 Å². The van der Waals surface area contributed by atoms with E-state index in [-0.39, 0.29) is 20.6 Å². The minimum atomic E-state index is -3.79. The van der Waals surface area contributed by atoms with Crippen LogP contribution in [0, 0.1) is 36.5 Å². The molecule has 0 unspecified atom stereocenters. The van der Waals surface area contributed by atoms with Gasteiger partial charge in [0.15, 0.2) is 11.3 Å². The number of aryl methyl sites for hydroxylation is 4. The van der Waals surface area contributed by atoms with Crippen molar-refractivity contribution in [2.24, 2.45) is 0 Å². The zero-order valence-electron chi connectivity index (χ0n) is 34.7. The molecule has 0 fully saturated rings. The fraction of sp³-hybridized carbons (Fsp3) is 0.174. The third-order valence-electron chi connectivity index (χ3n) is 9.46. The van der Waals surface area contributed by atoms with Crippen LogP contribution in [0.1, 0.15) is 61.1 Å². The lowest BCUT2D eigenvalue weighted by Gasteiger charge is -2.09. The number of aromatic nitrogens is 6. The van der Waals surface area contributed by atoms with Crippen LogP contribution in [-0.4, -0.2) is 44.7 Å². The van der Waals surface area contributed by atoms with E-state index in [1.165, 1.54) is 29.0 Å². The lowest BCUT2D eigenvalue weighted by atomic mass is 10.0. The summed E-state index contributed by atoms with van der Waals surface area (Å²) in [5, 5.41) is 19.5. The van der Waals surface area contributed by atoms with E-state index < -0.39 is 20.0 Å². The molecule has 316 valence electrons. The molecule has 0 aliphatic rings. The van der Waals surface area contributed by atoms with Gasteiger partial charge < -0.3 is 0 Å². The first-order valence-corrected chi connectivity index (χ1v) is 23.4. The molecule has 4 aromatic heterocycles. The molecule has 4 heterocycles. The molecule has 0 amide bonds. The maximum atomic E-state index is 13.1. The number of hydrogen-bond donors (Lipinski definition) is 0. The van der Waals surface area contributed by atoms with Crippen molar-refractivity contribution < 1.29 is 16.8 Å². The summed E-state index contributed by atoms with van der Waals surface area (Å²) in [5.41, 5.74) is 7.30. The van der Waals surface area contributed by atoms with E-state index in [0.717, 1.165) is 54.7 Å². The number of halogens is 2. The monoisotopic (exact) mass is 948 g/mol. The first-order chi connectivity index (χ1) is 29.7. The average Bonchev–Trinajstić information content (AvgIpc) is 3.95. The highest BCUT2D eigenvalue weighted by Gasteiger charge is 2.22. The third kappa shape index (κ3) is 10.1. The number of rotatable bonds is 7. The fourth-order valence-corrected chi connectivity index (χ4v) is 9.34. The first kappa shape index (κ1) is 46.8. The van der Waals surface area contributed by atoms with Crippen molar-refractivity contribution in [3.63, 3.8) is 0 Å². The van der Waals surface area contributed by atoms with Crippen molar-refractivity contribution >= 4 is 69.6 Å². The van der Waals surface area contributed by atoms with Gasteiger partial charge in [0.25, 0.3) is 20.0 Å². The van der Waals surface area contributed by atoms with Crippen molar-refractivity contribution in [1.82, 2.24) is 27.9 Å². The zero-order chi connectivity index (χ0) is 45.2. The lowest BCUT2D eigenvalue weighted by Crippen LogP contribution is -2.12. The highest BCUT2D eigenvalue weighted by molar-refractivity contribution is 9.10. The van der Waals surface area contributed by atoms with E-state index in [2.05, 4.69) is 48.0 Å². The zero-order valence-corrected chi connectivity index (χ0v) is 38.7. The first-order valence-electron chi connectivity index (χ1n) is 19.4. The summed E-state index contributed by atoms with van der Waals surface area (Å²) in [6.07, 6.45) is 7.18. The molecule has 0 saturated heterocycles. The highest BCUT2D eigenvalue weighted by atomic mass is 79.9. The molecule has 8 rings (SSSR count). The van der Waals surface area contributed by atoms with E-state index in [1.54, 1.807) is 66.7 Å². The molecule has 8 aromatic rings. The van der Waals surface area contributed by atoms with Crippen molar-refractivity contribution in [3.8, 4) is 23.4 Å². The number of nitrogens with zero attached hydrogens (tertiary/aromatic N) is 8. The molecule has 0 saturated carbocycles. The number of fused-ring (bicyclic) bond motifs is 2. The minimum Gasteiger partial charge on any atom is -0.236 e. The summed E-state index contributed by atoms with van der Waals surface area (Å²) in [5.74, 6) is 0. The fourth-order valence-electron chi connectivity index (χ4n) is 6.19. The maximum Gasteiger partial charge on any atom is 0.269 e. The Balaban J connectivity index is 0.000000190. The molecule has 0 spiro atoms. The molecule has 4 aromatic carbocycles. The largest absolute Gasteiger partial charge is 0.269 e. The van der Waals surface area contributed by atoms with Gasteiger partial charge in [-0.3, -0.25) is 0 Å². The highest BCUT2D eigenvalue weighted by Crippen LogP contribution is 2.30.